The number of halogens is 1. The topological polar surface area (TPSA) is 17.1 Å². The Hall–Kier alpha value is 0.609. The average molecular weight is 159 g/mol. The van der Waals surface area contributed by atoms with Crippen molar-refractivity contribution >= 4 is 23.0 Å². The fourth-order valence-corrected chi connectivity index (χ4v) is 0. The normalized spacial score (nSPS) is 14.8. The van der Waals surface area contributed by atoms with E-state index in [9.17, 15) is 3.83 Å². The van der Waals surface area contributed by atoms with E-state index in [0.717, 1.165) is 0 Å². The van der Waals surface area contributed by atoms with E-state index in [2.05, 4.69) is 0 Å². The van der Waals surface area contributed by atoms with Crippen molar-refractivity contribution in [3.63, 3.8) is 0 Å². The summed E-state index contributed by atoms with van der Waals surface area (Å²) in [7, 11) is 5.03. The van der Waals surface area contributed by atoms with E-state index in [1.807, 2.05) is 6.92 Å². The van der Waals surface area contributed by atoms with Gasteiger partial charge in [-0.1, -0.05) is 0 Å². The molecule has 0 heterocycles. The fraction of sp³-hybridized carbons (Fsp3) is 1.00. The Bertz CT molecular complexity index is 44.9. The molecule has 0 saturated carbocycles. The van der Waals surface area contributed by atoms with Gasteiger partial charge in [-0.15, -0.1) is 0 Å². The maximum atomic E-state index is 9.79. The van der Waals surface area contributed by atoms with E-state index >= 15 is 0 Å². The van der Waals surface area contributed by atoms with Gasteiger partial charge in [-0.3, -0.25) is 0 Å². The maximum absolute atomic E-state index is 9.79. The Kier molecular flexibility index (Phi) is 3.17. The van der Waals surface area contributed by atoms with Crippen molar-refractivity contribution in [2.75, 3.05) is 0 Å². The fourth-order valence-electron chi connectivity index (χ4n) is 0. The Morgan fingerprint density at radius 1 is 2.00 bits per heavy atom. The molecule has 0 radical (unpaired) electrons. The first kappa shape index (κ1) is 5.61. The van der Waals surface area contributed by atoms with Crippen molar-refractivity contribution in [2.24, 2.45) is 0 Å². The molecular weight excluding hydrogens is 154 g/mol. The summed E-state index contributed by atoms with van der Waals surface area (Å²) in [5.41, 5.74) is 0. The Balaban J connectivity index is 2.85. The third-order valence-electron chi connectivity index (χ3n) is 0.227. The van der Waals surface area contributed by atoms with Gasteiger partial charge in [-0.25, -0.2) is 0 Å². The van der Waals surface area contributed by atoms with Gasteiger partial charge in [0.1, 0.15) is 0 Å². The number of hydrogen-bond donors (Lipinski definition) is 0. The van der Waals surface area contributed by atoms with Crippen LogP contribution >= 0.6 is 10.1 Å². The van der Waals surface area contributed by atoms with Crippen molar-refractivity contribution in [1.29, 1.82) is 0 Å². The van der Waals surface area contributed by atoms with Crippen LogP contribution in [0, 0.1) is 0 Å². The molecule has 0 spiro atoms. The van der Waals surface area contributed by atoms with E-state index < -0.39 is 12.9 Å². The number of rotatable bonds is 1. The zero-order valence-corrected chi connectivity index (χ0v) is 5.37. The molecule has 0 aliphatic carbocycles. The van der Waals surface area contributed by atoms with Crippen LogP contribution in [-0.2, 0) is 3.83 Å². The van der Waals surface area contributed by atoms with E-state index in [0.29, 0.717) is 5.32 Å². The molecule has 0 aliphatic rings. The Morgan fingerprint density at radius 3 is 2.20 bits per heavy atom. The van der Waals surface area contributed by atoms with Crippen LogP contribution in [0.5, 0.6) is 0 Å². The van der Waals surface area contributed by atoms with Crippen molar-refractivity contribution in [2.45, 2.75) is 12.2 Å². The van der Waals surface area contributed by atoms with Crippen LogP contribution in [0.4, 0.5) is 0 Å². The second-order valence-corrected chi connectivity index (χ2v) is 4.80. The Morgan fingerprint density at radius 2 is 2.20 bits per heavy atom. The van der Waals surface area contributed by atoms with Gasteiger partial charge < -0.3 is 0 Å². The molecule has 0 aromatic carbocycles. The van der Waals surface area contributed by atoms with Crippen LogP contribution in [0.3, 0.4) is 0 Å². The van der Waals surface area contributed by atoms with Crippen molar-refractivity contribution in [3.05, 3.63) is 0 Å². The number of hydrogen-bond acceptors (Lipinski definition) is 1. The standard InChI is InChI=1S/C2H5ClOSe/c1-2-5(3)4/h2H2,1H3. The van der Waals surface area contributed by atoms with E-state index in [-0.39, 0.29) is 0 Å². The van der Waals surface area contributed by atoms with Crippen molar-refractivity contribution < 1.29 is 3.83 Å². The Labute approximate surface area is 39.6 Å². The molecule has 0 fully saturated rings. The minimum atomic E-state index is -1.82. The summed E-state index contributed by atoms with van der Waals surface area (Å²) in [5.74, 6) is 0. The molecule has 0 N–H and O–H groups in total. The molecule has 0 aromatic heterocycles. The molecule has 0 aromatic rings. The summed E-state index contributed by atoms with van der Waals surface area (Å²) in [4.78, 5) is 0. The predicted octanol–water partition coefficient (Wildman–Crippen LogP) is 1.16. The quantitative estimate of drug-likeness (QED) is 0.525. The van der Waals surface area contributed by atoms with Gasteiger partial charge in [0.25, 0.3) is 0 Å². The van der Waals surface area contributed by atoms with Crippen LogP contribution in [0.1, 0.15) is 6.92 Å². The van der Waals surface area contributed by atoms with Gasteiger partial charge >= 0.3 is 39.1 Å². The zero-order chi connectivity index (χ0) is 4.28. The van der Waals surface area contributed by atoms with E-state index in [1.165, 1.54) is 0 Å². The summed E-state index contributed by atoms with van der Waals surface area (Å²) >= 11 is -1.82. The summed E-state index contributed by atoms with van der Waals surface area (Å²) in [6.45, 7) is 1.81. The molecule has 0 aliphatic heterocycles. The summed E-state index contributed by atoms with van der Waals surface area (Å²) in [6.07, 6.45) is 0. The van der Waals surface area contributed by atoms with Gasteiger partial charge in [-0.2, -0.15) is 0 Å². The van der Waals surface area contributed by atoms with Gasteiger partial charge in [0.15, 0.2) is 0 Å². The molecule has 0 rings (SSSR count). The second kappa shape index (κ2) is 2.83. The molecule has 1 nitrogen and oxygen atoms in total. The molecule has 32 valence electrons. The van der Waals surface area contributed by atoms with Crippen molar-refractivity contribution in [3.8, 4) is 0 Å². The monoisotopic (exact) mass is 160 g/mol. The summed E-state index contributed by atoms with van der Waals surface area (Å²) in [6, 6.07) is 0. The van der Waals surface area contributed by atoms with Crippen molar-refractivity contribution in [1.82, 2.24) is 0 Å². The third-order valence-corrected chi connectivity index (χ3v) is 2.31. The first-order valence-electron chi connectivity index (χ1n) is 1.32. The van der Waals surface area contributed by atoms with Crippen LogP contribution in [0.2, 0.25) is 5.32 Å². The molecule has 0 bridgehead atoms. The first-order valence-corrected chi connectivity index (χ1v) is 5.48. The molecule has 1 unspecified atom stereocenters. The van der Waals surface area contributed by atoms with Crippen LogP contribution in [-0.4, -0.2) is 12.9 Å². The predicted molar refractivity (Wildman–Crippen MR) is 22.8 cm³/mol. The first-order chi connectivity index (χ1) is 2.27. The summed E-state index contributed by atoms with van der Waals surface area (Å²) < 4.78 is 9.79. The molecule has 1 atom stereocenters. The SMILES string of the molecule is CC[Se](=O)Cl. The van der Waals surface area contributed by atoms with Crippen LogP contribution in [0.15, 0.2) is 0 Å². The molecule has 0 amide bonds. The molecular formula is C2H5ClOSe. The second-order valence-electron chi connectivity index (χ2n) is 0.579. The van der Waals surface area contributed by atoms with Gasteiger partial charge in [0.2, 0.25) is 0 Å². The summed E-state index contributed by atoms with van der Waals surface area (Å²) in [5, 5.41) is 0.640. The van der Waals surface area contributed by atoms with Crippen LogP contribution < -0.4 is 0 Å². The molecule has 5 heavy (non-hydrogen) atoms. The van der Waals surface area contributed by atoms with Gasteiger partial charge in [0, 0.05) is 0 Å². The van der Waals surface area contributed by atoms with Crippen LogP contribution in [0.25, 0.3) is 0 Å². The van der Waals surface area contributed by atoms with Gasteiger partial charge in [0.05, 0.1) is 0 Å². The molecule has 3 heteroatoms. The minimum absolute atomic E-state index is 0.640. The average Bonchev–Trinajstić information content (AvgIpc) is 1.38. The third kappa shape index (κ3) is 4.61. The molecule has 0 saturated heterocycles. The zero-order valence-electron chi connectivity index (χ0n) is 2.90. The van der Waals surface area contributed by atoms with Gasteiger partial charge in [-0.05, 0) is 0 Å². The van der Waals surface area contributed by atoms with E-state index in [4.69, 9.17) is 10.1 Å². The van der Waals surface area contributed by atoms with E-state index in [1.54, 1.807) is 0 Å².